The average Bonchev–Trinajstić information content (AvgIpc) is 2.98. The summed E-state index contributed by atoms with van der Waals surface area (Å²) >= 11 is 0. The second-order valence-corrected chi connectivity index (χ2v) is 5.77. The van der Waals surface area contributed by atoms with E-state index in [1.165, 1.54) is 0 Å². The number of rotatable bonds is 14. The van der Waals surface area contributed by atoms with Crippen LogP contribution in [0.1, 0.15) is 34.3 Å². The molecular formula is C16H32N4O4. The second-order valence-electron chi connectivity index (χ2n) is 5.77. The minimum atomic E-state index is 0. The van der Waals surface area contributed by atoms with Gasteiger partial charge < -0.3 is 19.5 Å². The maximum atomic E-state index is 11.6. The lowest BCUT2D eigenvalue weighted by molar-refractivity contribution is -0.121. The maximum absolute atomic E-state index is 11.6. The van der Waals surface area contributed by atoms with E-state index in [1.54, 1.807) is 4.68 Å². The van der Waals surface area contributed by atoms with Crippen LogP contribution in [-0.4, -0.2) is 60.5 Å². The number of hydrogen-bond acceptors (Lipinski definition) is 6. The topological polar surface area (TPSA) is 87.5 Å². The SMILES string of the molecule is CCOCCOCCOCCn1cc(CNC(=O)CC(C)C)nn1.[HH]. The molecule has 0 saturated heterocycles. The van der Waals surface area contributed by atoms with Gasteiger partial charge in [-0.05, 0) is 12.8 Å². The fraction of sp³-hybridized carbons (Fsp3) is 0.812. The first kappa shape index (κ1) is 20.5. The third-order valence-corrected chi connectivity index (χ3v) is 3.06. The number of aromatic nitrogens is 3. The number of carbonyl (C=O) groups excluding carboxylic acids is 1. The molecule has 0 radical (unpaired) electrons. The molecule has 1 heterocycles. The molecule has 0 unspecified atom stereocenters. The van der Waals surface area contributed by atoms with Gasteiger partial charge in [0.1, 0.15) is 5.69 Å². The van der Waals surface area contributed by atoms with Gasteiger partial charge in [-0.3, -0.25) is 4.79 Å². The Labute approximate surface area is 145 Å². The molecule has 8 heteroatoms. The minimum Gasteiger partial charge on any atom is -0.379 e. The summed E-state index contributed by atoms with van der Waals surface area (Å²) in [4.78, 5) is 11.6. The zero-order valence-electron chi connectivity index (χ0n) is 15.0. The monoisotopic (exact) mass is 344 g/mol. The van der Waals surface area contributed by atoms with Crippen LogP contribution in [0.4, 0.5) is 0 Å². The van der Waals surface area contributed by atoms with Crippen molar-refractivity contribution in [3.8, 4) is 0 Å². The quantitative estimate of drug-likeness (QED) is 0.511. The van der Waals surface area contributed by atoms with E-state index in [1.807, 2.05) is 27.0 Å². The molecule has 0 atom stereocenters. The first-order valence-electron chi connectivity index (χ1n) is 8.50. The number of nitrogens with zero attached hydrogens (tertiary/aromatic N) is 3. The molecule has 1 rings (SSSR count). The van der Waals surface area contributed by atoms with Crippen LogP contribution >= 0.6 is 0 Å². The van der Waals surface area contributed by atoms with Crippen LogP contribution in [0.15, 0.2) is 6.20 Å². The molecule has 0 aliphatic carbocycles. The molecule has 8 nitrogen and oxygen atoms in total. The summed E-state index contributed by atoms with van der Waals surface area (Å²) in [5, 5.41) is 10.9. The van der Waals surface area contributed by atoms with Crippen LogP contribution in [0, 0.1) is 5.92 Å². The largest absolute Gasteiger partial charge is 0.379 e. The van der Waals surface area contributed by atoms with Gasteiger partial charge in [-0.1, -0.05) is 19.1 Å². The number of hydrogen-bond donors (Lipinski definition) is 1. The molecule has 0 aromatic carbocycles. The van der Waals surface area contributed by atoms with Crippen LogP contribution < -0.4 is 5.32 Å². The highest BCUT2D eigenvalue weighted by molar-refractivity contribution is 5.75. The molecule has 0 spiro atoms. The van der Waals surface area contributed by atoms with E-state index >= 15 is 0 Å². The third-order valence-electron chi connectivity index (χ3n) is 3.06. The van der Waals surface area contributed by atoms with Crippen molar-refractivity contribution >= 4 is 5.91 Å². The predicted molar refractivity (Wildman–Crippen MR) is 91.6 cm³/mol. The van der Waals surface area contributed by atoms with Crippen LogP contribution in [0.5, 0.6) is 0 Å². The zero-order valence-corrected chi connectivity index (χ0v) is 15.0. The van der Waals surface area contributed by atoms with E-state index in [-0.39, 0.29) is 7.33 Å². The molecule has 1 N–H and O–H groups in total. The van der Waals surface area contributed by atoms with E-state index in [0.717, 1.165) is 5.69 Å². The van der Waals surface area contributed by atoms with Gasteiger partial charge in [-0.15, -0.1) is 5.10 Å². The van der Waals surface area contributed by atoms with Gasteiger partial charge in [0.15, 0.2) is 0 Å². The summed E-state index contributed by atoms with van der Waals surface area (Å²) in [6.45, 7) is 10.6. The summed E-state index contributed by atoms with van der Waals surface area (Å²) in [5.41, 5.74) is 0.742. The summed E-state index contributed by atoms with van der Waals surface area (Å²) in [6.07, 6.45) is 2.34. The Bertz CT molecular complexity index is 457. The standard InChI is InChI=1S/C16H30N4O4.H2/c1-4-22-7-8-24-10-9-23-6-5-20-13-15(18-19-20)12-17-16(21)11-14(2)3;/h13-14H,4-12H2,1-3H3,(H,17,21);1H. The average molecular weight is 344 g/mol. The Kier molecular flexibility index (Phi) is 11.0. The molecule has 0 bridgehead atoms. The van der Waals surface area contributed by atoms with E-state index in [4.69, 9.17) is 14.2 Å². The lowest BCUT2D eigenvalue weighted by atomic mass is 10.1. The first-order valence-corrected chi connectivity index (χ1v) is 8.50. The van der Waals surface area contributed by atoms with Crippen LogP contribution in [0.3, 0.4) is 0 Å². The predicted octanol–water partition coefficient (Wildman–Crippen LogP) is 1.26. The number of amides is 1. The fourth-order valence-corrected chi connectivity index (χ4v) is 1.90. The van der Waals surface area contributed by atoms with Crippen molar-refractivity contribution in [1.29, 1.82) is 0 Å². The summed E-state index contributed by atoms with van der Waals surface area (Å²) in [7, 11) is 0. The molecule has 0 fully saturated rings. The van der Waals surface area contributed by atoms with Crippen molar-refractivity contribution in [2.24, 2.45) is 5.92 Å². The molecular weight excluding hydrogens is 312 g/mol. The number of nitrogens with one attached hydrogen (secondary N) is 1. The molecule has 1 amide bonds. The van der Waals surface area contributed by atoms with Crippen molar-refractivity contribution in [3.05, 3.63) is 11.9 Å². The molecule has 140 valence electrons. The van der Waals surface area contributed by atoms with E-state index in [9.17, 15) is 4.79 Å². The molecule has 0 aliphatic rings. The van der Waals surface area contributed by atoms with Gasteiger partial charge in [0.25, 0.3) is 0 Å². The lowest BCUT2D eigenvalue weighted by Gasteiger charge is -2.06. The Morgan fingerprint density at radius 2 is 1.88 bits per heavy atom. The van der Waals surface area contributed by atoms with Crippen molar-refractivity contribution in [2.45, 2.75) is 40.3 Å². The zero-order chi connectivity index (χ0) is 17.6. The fourth-order valence-electron chi connectivity index (χ4n) is 1.90. The Hall–Kier alpha value is -1.51. The van der Waals surface area contributed by atoms with E-state index < -0.39 is 0 Å². The molecule has 1 aromatic heterocycles. The Morgan fingerprint density at radius 1 is 1.21 bits per heavy atom. The summed E-state index contributed by atoms with van der Waals surface area (Å²) in [5.74, 6) is 0.383. The van der Waals surface area contributed by atoms with Crippen LogP contribution in [0.25, 0.3) is 0 Å². The highest BCUT2D eigenvalue weighted by atomic mass is 16.5. The molecule has 24 heavy (non-hydrogen) atoms. The number of ether oxygens (including phenoxy) is 3. The minimum absolute atomic E-state index is 0. The molecule has 0 saturated carbocycles. The van der Waals surface area contributed by atoms with Gasteiger partial charge in [-0.2, -0.15) is 0 Å². The highest BCUT2D eigenvalue weighted by Crippen LogP contribution is 1.99. The lowest BCUT2D eigenvalue weighted by Crippen LogP contribution is -2.24. The van der Waals surface area contributed by atoms with Crippen molar-refractivity contribution in [1.82, 2.24) is 20.3 Å². The van der Waals surface area contributed by atoms with Gasteiger partial charge in [0.2, 0.25) is 5.91 Å². The summed E-state index contributed by atoms with van der Waals surface area (Å²) in [6, 6.07) is 0. The Balaban J connectivity index is 0.00000576. The van der Waals surface area contributed by atoms with Crippen molar-refractivity contribution in [3.63, 3.8) is 0 Å². The third kappa shape index (κ3) is 10.3. The van der Waals surface area contributed by atoms with Gasteiger partial charge in [-0.25, -0.2) is 4.68 Å². The molecule has 1 aromatic rings. The van der Waals surface area contributed by atoms with Crippen LogP contribution in [0.2, 0.25) is 0 Å². The first-order chi connectivity index (χ1) is 11.6. The van der Waals surface area contributed by atoms with Gasteiger partial charge >= 0.3 is 0 Å². The van der Waals surface area contributed by atoms with E-state index in [2.05, 4.69) is 15.6 Å². The summed E-state index contributed by atoms with van der Waals surface area (Å²) < 4.78 is 17.7. The second kappa shape index (κ2) is 12.9. The van der Waals surface area contributed by atoms with E-state index in [0.29, 0.717) is 65.1 Å². The van der Waals surface area contributed by atoms with Crippen molar-refractivity contribution in [2.75, 3.05) is 39.6 Å². The number of carbonyl (C=O) groups is 1. The smallest absolute Gasteiger partial charge is 0.220 e. The van der Waals surface area contributed by atoms with Gasteiger partial charge in [0, 0.05) is 14.5 Å². The van der Waals surface area contributed by atoms with Gasteiger partial charge in [0.05, 0.1) is 52.3 Å². The molecule has 0 aliphatic heterocycles. The van der Waals surface area contributed by atoms with Crippen LogP contribution in [-0.2, 0) is 32.1 Å². The normalized spacial score (nSPS) is 11.2. The Morgan fingerprint density at radius 3 is 2.54 bits per heavy atom. The van der Waals surface area contributed by atoms with Crippen molar-refractivity contribution < 1.29 is 20.4 Å². The highest BCUT2D eigenvalue weighted by Gasteiger charge is 2.06. The maximum Gasteiger partial charge on any atom is 0.220 e.